The van der Waals surface area contributed by atoms with Crippen LogP contribution in [0.2, 0.25) is 0 Å². The molecule has 1 aromatic carbocycles. The van der Waals surface area contributed by atoms with Gasteiger partial charge < -0.3 is 15.6 Å². The lowest BCUT2D eigenvalue weighted by atomic mass is 10.1. The van der Waals surface area contributed by atoms with Crippen molar-refractivity contribution in [3.05, 3.63) is 35.6 Å². The first-order valence-corrected chi connectivity index (χ1v) is 6.01. The molecule has 0 saturated heterocycles. The normalized spacial score (nSPS) is 41.8. The largest absolute Gasteiger partial charge is 0.373 e. The van der Waals surface area contributed by atoms with Gasteiger partial charge >= 0.3 is 0 Å². The molecule has 0 aromatic heterocycles. The van der Waals surface area contributed by atoms with Gasteiger partial charge in [0.1, 0.15) is 23.8 Å². The summed E-state index contributed by atoms with van der Waals surface area (Å²) in [5.41, 5.74) is 4.93. The summed E-state index contributed by atoms with van der Waals surface area (Å²) >= 11 is 0. The van der Waals surface area contributed by atoms with Gasteiger partial charge in [0.05, 0.1) is 6.61 Å². The van der Waals surface area contributed by atoms with Crippen LogP contribution < -0.4 is 5.73 Å². The number of ether oxygens (including phenoxy) is 1. The molecular weight excluding hydrogens is 240 g/mol. The molecule has 3 unspecified atom stereocenters. The van der Waals surface area contributed by atoms with Crippen LogP contribution in [0.3, 0.4) is 0 Å². The minimum Gasteiger partial charge on any atom is -0.373 e. The van der Waals surface area contributed by atoms with Gasteiger partial charge in [0.2, 0.25) is 0 Å². The molecular formula is C13H15F2NO2. The Morgan fingerprint density at radius 2 is 2.06 bits per heavy atom. The van der Waals surface area contributed by atoms with Crippen molar-refractivity contribution >= 4 is 0 Å². The van der Waals surface area contributed by atoms with Gasteiger partial charge in [-0.3, -0.25) is 0 Å². The Morgan fingerprint density at radius 3 is 2.61 bits per heavy atom. The zero-order valence-corrected chi connectivity index (χ0v) is 9.72. The maximum absolute atomic E-state index is 13.2. The summed E-state index contributed by atoms with van der Waals surface area (Å²) in [6, 6.07) is 5.91. The predicted molar refractivity (Wildman–Crippen MR) is 60.6 cm³/mol. The fourth-order valence-corrected chi connectivity index (χ4v) is 2.84. The number of hydrogen-bond donors (Lipinski definition) is 2. The van der Waals surface area contributed by atoms with Crippen molar-refractivity contribution in [3.8, 4) is 0 Å². The van der Waals surface area contributed by atoms with Crippen molar-refractivity contribution in [1.29, 1.82) is 0 Å². The van der Waals surface area contributed by atoms with E-state index in [0.717, 1.165) is 5.56 Å². The summed E-state index contributed by atoms with van der Waals surface area (Å²) in [7, 11) is 0. The van der Waals surface area contributed by atoms with Crippen molar-refractivity contribution in [2.45, 2.75) is 31.0 Å². The number of alkyl halides is 1. The van der Waals surface area contributed by atoms with Crippen molar-refractivity contribution < 1.29 is 18.6 Å². The minimum atomic E-state index is -1.58. The van der Waals surface area contributed by atoms with Crippen LogP contribution in [-0.4, -0.2) is 23.1 Å². The zero-order valence-electron chi connectivity index (χ0n) is 9.72. The average molecular weight is 255 g/mol. The first-order valence-electron chi connectivity index (χ1n) is 6.01. The smallest absolute Gasteiger partial charge is 0.145 e. The first-order chi connectivity index (χ1) is 8.50. The quantitative estimate of drug-likeness (QED) is 0.801. The Hall–Kier alpha value is -1.04. The predicted octanol–water partition coefficient (Wildman–Crippen LogP) is 1.35. The van der Waals surface area contributed by atoms with E-state index < -0.39 is 23.9 Å². The molecule has 2 saturated carbocycles. The van der Waals surface area contributed by atoms with Gasteiger partial charge in [0.15, 0.2) is 0 Å². The zero-order chi connectivity index (χ0) is 12.9. The molecule has 1 aromatic rings. The van der Waals surface area contributed by atoms with Gasteiger partial charge in [-0.25, -0.2) is 8.78 Å². The van der Waals surface area contributed by atoms with Crippen molar-refractivity contribution in [1.82, 2.24) is 0 Å². The highest BCUT2D eigenvalue weighted by Gasteiger charge is 2.69. The Morgan fingerprint density at radius 1 is 1.39 bits per heavy atom. The van der Waals surface area contributed by atoms with Crippen LogP contribution in [0.4, 0.5) is 8.78 Å². The summed E-state index contributed by atoms with van der Waals surface area (Å²) in [6.07, 6.45) is -1.10. The first kappa shape index (κ1) is 12.0. The summed E-state index contributed by atoms with van der Waals surface area (Å²) in [5.74, 6) is -0.967. The SMILES string of the molecule is NC1(O)[C@@H]2C(F)C2C[C@H]1OCc1ccc(F)cc1. The molecule has 0 aliphatic heterocycles. The van der Waals surface area contributed by atoms with Crippen LogP contribution in [0.5, 0.6) is 0 Å². The van der Waals surface area contributed by atoms with Crippen molar-refractivity contribution in [2.75, 3.05) is 0 Å². The molecule has 2 aliphatic rings. The van der Waals surface area contributed by atoms with Gasteiger partial charge in [-0.2, -0.15) is 0 Å². The number of halogens is 2. The van der Waals surface area contributed by atoms with Gasteiger partial charge in [0.25, 0.3) is 0 Å². The number of aliphatic hydroxyl groups is 1. The van der Waals surface area contributed by atoms with E-state index in [0.29, 0.717) is 6.42 Å². The third-order valence-electron chi connectivity index (χ3n) is 3.97. The third-order valence-corrected chi connectivity index (χ3v) is 3.97. The molecule has 2 aliphatic carbocycles. The van der Waals surface area contributed by atoms with E-state index in [1.54, 1.807) is 12.1 Å². The fourth-order valence-electron chi connectivity index (χ4n) is 2.84. The van der Waals surface area contributed by atoms with Crippen molar-refractivity contribution in [2.24, 2.45) is 17.6 Å². The van der Waals surface area contributed by atoms with E-state index in [1.165, 1.54) is 12.1 Å². The Bertz CT molecular complexity index is 449. The Kier molecular flexibility index (Phi) is 2.66. The van der Waals surface area contributed by atoms with Crippen LogP contribution in [0.1, 0.15) is 12.0 Å². The molecule has 0 radical (unpaired) electrons. The maximum atomic E-state index is 13.2. The van der Waals surface area contributed by atoms with Crippen LogP contribution in [0.15, 0.2) is 24.3 Å². The van der Waals surface area contributed by atoms with Gasteiger partial charge in [-0.05, 0) is 24.1 Å². The molecule has 0 spiro atoms. The van der Waals surface area contributed by atoms with E-state index in [9.17, 15) is 13.9 Å². The van der Waals surface area contributed by atoms with Gasteiger partial charge in [-0.1, -0.05) is 12.1 Å². The molecule has 2 fully saturated rings. The highest BCUT2D eigenvalue weighted by atomic mass is 19.1. The van der Waals surface area contributed by atoms with Crippen LogP contribution in [0.25, 0.3) is 0 Å². The topological polar surface area (TPSA) is 55.5 Å². The Balaban J connectivity index is 1.60. The molecule has 3 nitrogen and oxygen atoms in total. The standard InChI is InChI=1S/C13H15F2NO2/c14-8-3-1-7(2-4-8)6-18-10-5-9-11(12(9)15)13(10,16)17/h1-4,9-12,17H,5-6,16H2/t9?,10-,11+,12?,13?/m1/s1. The summed E-state index contributed by atoms with van der Waals surface area (Å²) in [4.78, 5) is 0. The number of nitrogens with two attached hydrogens (primary N) is 1. The third kappa shape index (κ3) is 1.83. The molecule has 5 atom stereocenters. The molecule has 98 valence electrons. The average Bonchev–Trinajstić information content (AvgIpc) is 2.88. The molecule has 18 heavy (non-hydrogen) atoms. The van der Waals surface area contributed by atoms with E-state index in [2.05, 4.69) is 0 Å². The Labute approximate surface area is 104 Å². The molecule has 5 heteroatoms. The molecule has 3 N–H and O–H groups in total. The van der Waals surface area contributed by atoms with Crippen molar-refractivity contribution in [3.63, 3.8) is 0 Å². The van der Waals surface area contributed by atoms with E-state index in [1.807, 2.05) is 0 Å². The summed E-state index contributed by atoms with van der Waals surface area (Å²) in [5, 5.41) is 10.0. The van der Waals surface area contributed by atoms with Crippen LogP contribution in [-0.2, 0) is 11.3 Å². The second kappa shape index (κ2) is 3.98. The number of benzene rings is 1. The summed E-state index contributed by atoms with van der Waals surface area (Å²) < 4.78 is 31.4. The van der Waals surface area contributed by atoms with Crippen LogP contribution in [0, 0.1) is 17.7 Å². The lowest BCUT2D eigenvalue weighted by Gasteiger charge is -2.28. The lowest BCUT2D eigenvalue weighted by molar-refractivity contribution is -0.113. The minimum absolute atomic E-state index is 0.168. The highest BCUT2D eigenvalue weighted by Crippen LogP contribution is 2.58. The number of hydrogen-bond acceptors (Lipinski definition) is 3. The van der Waals surface area contributed by atoms with Gasteiger partial charge in [-0.15, -0.1) is 0 Å². The molecule has 0 heterocycles. The number of fused-ring (bicyclic) bond motifs is 1. The second-order valence-electron chi connectivity index (χ2n) is 5.18. The molecule has 3 rings (SSSR count). The highest BCUT2D eigenvalue weighted by molar-refractivity contribution is 5.18. The monoisotopic (exact) mass is 255 g/mol. The molecule has 0 bridgehead atoms. The second-order valence-corrected chi connectivity index (χ2v) is 5.18. The molecule has 0 amide bonds. The van der Waals surface area contributed by atoms with E-state index in [4.69, 9.17) is 10.5 Å². The summed E-state index contributed by atoms with van der Waals surface area (Å²) in [6.45, 7) is 0.237. The van der Waals surface area contributed by atoms with E-state index in [-0.39, 0.29) is 18.3 Å². The lowest BCUT2D eigenvalue weighted by Crippen LogP contribution is -2.52. The maximum Gasteiger partial charge on any atom is 0.145 e. The van der Waals surface area contributed by atoms with Crippen LogP contribution >= 0.6 is 0 Å². The van der Waals surface area contributed by atoms with Gasteiger partial charge in [0, 0.05) is 11.8 Å². The van der Waals surface area contributed by atoms with E-state index >= 15 is 0 Å². The fraction of sp³-hybridized carbons (Fsp3) is 0.538. The number of rotatable bonds is 3.